The molecule has 0 radical (unpaired) electrons. The standard InChI is InChI=1S/C16H10F3N3O4/c17-16(18,19)13-6-9(20-14-7-10(15(23)24)21-22(13)14)8-1-2-11-12(5-8)26-4-3-25-11/h1-2,5-7H,3-4H2,(H,23,24). The number of carboxylic acid groups (broad SMARTS) is 1. The number of hydrogen-bond donors (Lipinski definition) is 1. The van der Waals surface area contributed by atoms with Gasteiger partial charge >= 0.3 is 12.1 Å². The molecule has 0 amide bonds. The minimum absolute atomic E-state index is 0.0126. The van der Waals surface area contributed by atoms with Crippen LogP contribution in [-0.2, 0) is 6.18 Å². The van der Waals surface area contributed by atoms with E-state index >= 15 is 0 Å². The van der Waals surface area contributed by atoms with E-state index in [0.29, 0.717) is 34.8 Å². The number of benzene rings is 1. The highest BCUT2D eigenvalue weighted by Crippen LogP contribution is 2.36. The molecule has 1 aromatic carbocycles. The molecule has 10 heteroatoms. The van der Waals surface area contributed by atoms with E-state index in [2.05, 4.69) is 10.1 Å². The van der Waals surface area contributed by atoms with Crippen molar-refractivity contribution in [2.75, 3.05) is 13.2 Å². The molecule has 26 heavy (non-hydrogen) atoms. The van der Waals surface area contributed by atoms with Crippen LogP contribution in [0.2, 0.25) is 0 Å². The second-order valence-corrected chi connectivity index (χ2v) is 5.49. The minimum atomic E-state index is -4.74. The number of aromatic nitrogens is 3. The Bertz CT molecular complexity index is 1030. The molecule has 0 atom stereocenters. The van der Waals surface area contributed by atoms with E-state index in [9.17, 15) is 18.0 Å². The van der Waals surface area contributed by atoms with Crippen LogP contribution in [0, 0.1) is 0 Å². The Morgan fingerprint density at radius 1 is 1.12 bits per heavy atom. The third-order valence-electron chi connectivity index (χ3n) is 3.77. The van der Waals surface area contributed by atoms with Gasteiger partial charge in [0.15, 0.2) is 28.5 Å². The van der Waals surface area contributed by atoms with Gasteiger partial charge in [0.1, 0.15) is 13.2 Å². The highest BCUT2D eigenvalue weighted by molar-refractivity contribution is 5.86. The van der Waals surface area contributed by atoms with Crippen LogP contribution < -0.4 is 9.47 Å². The van der Waals surface area contributed by atoms with Crippen LogP contribution >= 0.6 is 0 Å². The number of carbonyl (C=O) groups is 1. The molecule has 1 N–H and O–H groups in total. The second kappa shape index (κ2) is 5.61. The Hall–Kier alpha value is -3.30. The largest absolute Gasteiger partial charge is 0.486 e. The van der Waals surface area contributed by atoms with E-state index in [1.165, 1.54) is 6.07 Å². The van der Waals surface area contributed by atoms with Gasteiger partial charge in [0.2, 0.25) is 0 Å². The maximum Gasteiger partial charge on any atom is 0.433 e. The number of halogens is 3. The van der Waals surface area contributed by atoms with Gasteiger partial charge in [-0.2, -0.15) is 18.3 Å². The summed E-state index contributed by atoms with van der Waals surface area (Å²) in [4.78, 5) is 15.1. The molecule has 0 fully saturated rings. The number of fused-ring (bicyclic) bond motifs is 2. The highest BCUT2D eigenvalue weighted by atomic mass is 19.4. The quantitative estimate of drug-likeness (QED) is 0.752. The Balaban J connectivity index is 1.91. The maximum atomic E-state index is 13.4. The molecule has 0 saturated carbocycles. The zero-order chi connectivity index (χ0) is 18.5. The molecule has 134 valence electrons. The number of aromatic carboxylic acids is 1. The molecule has 3 aromatic rings. The van der Waals surface area contributed by atoms with Gasteiger partial charge in [-0.05, 0) is 24.3 Å². The lowest BCUT2D eigenvalue weighted by atomic mass is 10.1. The molecule has 1 aliphatic heterocycles. The van der Waals surface area contributed by atoms with Crippen molar-refractivity contribution in [1.29, 1.82) is 0 Å². The first-order chi connectivity index (χ1) is 12.3. The van der Waals surface area contributed by atoms with E-state index in [-0.39, 0.29) is 11.3 Å². The van der Waals surface area contributed by atoms with E-state index < -0.39 is 23.5 Å². The van der Waals surface area contributed by atoms with E-state index in [1.807, 2.05) is 0 Å². The molecule has 0 bridgehead atoms. The first-order valence-corrected chi connectivity index (χ1v) is 7.44. The molecule has 3 heterocycles. The average Bonchev–Trinajstić information content (AvgIpc) is 3.04. The van der Waals surface area contributed by atoms with Crippen molar-refractivity contribution >= 4 is 11.6 Å². The Morgan fingerprint density at radius 2 is 1.85 bits per heavy atom. The Kier molecular flexibility index (Phi) is 3.49. The third kappa shape index (κ3) is 2.68. The Morgan fingerprint density at radius 3 is 2.54 bits per heavy atom. The van der Waals surface area contributed by atoms with Gasteiger partial charge in [-0.3, -0.25) is 0 Å². The third-order valence-corrected chi connectivity index (χ3v) is 3.77. The smallest absolute Gasteiger partial charge is 0.433 e. The summed E-state index contributed by atoms with van der Waals surface area (Å²) in [5.74, 6) is -0.539. The van der Waals surface area contributed by atoms with Gasteiger partial charge in [-0.25, -0.2) is 14.3 Å². The number of rotatable bonds is 2. The summed E-state index contributed by atoms with van der Waals surface area (Å²) in [5.41, 5.74) is -1.48. The van der Waals surface area contributed by atoms with Crippen molar-refractivity contribution in [3.63, 3.8) is 0 Å². The normalized spacial score (nSPS) is 13.8. The van der Waals surface area contributed by atoms with Gasteiger partial charge in [0.25, 0.3) is 0 Å². The molecule has 0 aliphatic carbocycles. The number of carboxylic acids is 1. The lowest BCUT2D eigenvalue weighted by molar-refractivity contribution is -0.142. The molecule has 1 aliphatic rings. The van der Waals surface area contributed by atoms with E-state index in [1.54, 1.807) is 12.1 Å². The summed E-state index contributed by atoms with van der Waals surface area (Å²) in [6, 6.07) is 6.47. The monoisotopic (exact) mass is 365 g/mol. The number of ether oxygens (including phenoxy) is 2. The molecule has 7 nitrogen and oxygen atoms in total. The van der Waals surface area contributed by atoms with Gasteiger partial charge in [0, 0.05) is 11.6 Å². The predicted octanol–water partition coefficient (Wildman–Crippen LogP) is 2.88. The lowest BCUT2D eigenvalue weighted by Gasteiger charge is -2.19. The van der Waals surface area contributed by atoms with Gasteiger partial charge in [-0.15, -0.1) is 0 Å². The van der Waals surface area contributed by atoms with Crippen LogP contribution in [0.3, 0.4) is 0 Å². The number of nitrogens with zero attached hydrogens (tertiary/aromatic N) is 3. The Labute approximate surface area is 143 Å². The van der Waals surface area contributed by atoms with Crippen molar-refractivity contribution in [3.05, 3.63) is 41.7 Å². The molecule has 2 aromatic heterocycles. The van der Waals surface area contributed by atoms with Crippen LogP contribution in [-0.4, -0.2) is 38.9 Å². The fourth-order valence-electron chi connectivity index (χ4n) is 2.63. The maximum absolute atomic E-state index is 13.4. The molecule has 0 spiro atoms. The molecular weight excluding hydrogens is 355 g/mol. The van der Waals surface area contributed by atoms with E-state index in [0.717, 1.165) is 12.1 Å². The highest BCUT2D eigenvalue weighted by Gasteiger charge is 2.35. The second-order valence-electron chi connectivity index (χ2n) is 5.49. The summed E-state index contributed by atoms with van der Waals surface area (Å²) in [6.07, 6.45) is -4.74. The first kappa shape index (κ1) is 16.2. The molecule has 4 rings (SSSR count). The fourth-order valence-corrected chi connectivity index (χ4v) is 2.63. The molecular formula is C16H10F3N3O4. The topological polar surface area (TPSA) is 86.0 Å². The first-order valence-electron chi connectivity index (χ1n) is 7.44. The van der Waals surface area contributed by atoms with Crippen molar-refractivity contribution in [3.8, 4) is 22.8 Å². The zero-order valence-electron chi connectivity index (χ0n) is 12.9. The van der Waals surface area contributed by atoms with Crippen LogP contribution in [0.5, 0.6) is 11.5 Å². The number of alkyl halides is 3. The zero-order valence-corrected chi connectivity index (χ0v) is 12.9. The van der Waals surface area contributed by atoms with Gasteiger partial charge < -0.3 is 14.6 Å². The molecule has 0 saturated heterocycles. The van der Waals surface area contributed by atoms with Crippen molar-refractivity contribution in [2.45, 2.75) is 6.18 Å². The number of hydrogen-bond acceptors (Lipinski definition) is 5. The van der Waals surface area contributed by atoms with Gasteiger partial charge in [0.05, 0.1) is 5.69 Å². The van der Waals surface area contributed by atoms with Crippen molar-refractivity contribution in [1.82, 2.24) is 14.6 Å². The fraction of sp³-hybridized carbons (Fsp3) is 0.188. The predicted molar refractivity (Wildman–Crippen MR) is 81.4 cm³/mol. The van der Waals surface area contributed by atoms with Gasteiger partial charge in [-0.1, -0.05) is 0 Å². The molecule has 0 unspecified atom stereocenters. The lowest BCUT2D eigenvalue weighted by Crippen LogP contribution is -2.15. The SMILES string of the molecule is O=C(O)c1cc2nc(-c3ccc4c(c3)OCCO4)cc(C(F)(F)F)n2n1. The van der Waals surface area contributed by atoms with E-state index in [4.69, 9.17) is 14.6 Å². The van der Waals surface area contributed by atoms with Crippen LogP contribution in [0.25, 0.3) is 16.9 Å². The summed E-state index contributed by atoms with van der Waals surface area (Å²) in [6.45, 7) is 0.726. The van der Waals surface area contributed by atoms with Crippen molar-refractivity contribution < 1.29 is 32.5 Å². The van der Waals surface area contributed by atoms with Crippen LogP contribution in [0.15, 0.2) is 30.3 Å². The average molecular weight is 365 g/mol. The summed E-state index contributed by atoms with van der Waals surface area (Å²) in [7, 11) is 0. The van der Waals surface area contributed by atoms with Crippen molar-refractivity contribution in [2.24, 2.45) is 0 Å². The van der Waals surface area contributed by atoms with Crippen LogP contribution in [0.1, 0.15) is 16.2 Å². The summed E-state index contributed by atoms with van der Waals surface area (Å²) >= 11 is 0. The summed E-state index contributed by atoms with van der Waals surface area (Å²) in [5, 5.41) is 12.5. The minimum Gasteiger partial charge on any atom is -0.486 e. The van der Waals surface area contributed by atoms with Crippen LogP contribution in [0.4, 0.5) is 13.2 Å². The summed E-state index contributed by atoms with van der Waals surface area (Å²) < 4.78 is 51.5.